The van der Waals surface area contributed by atoms with Crippen molar-refractivity contribution in [2.75, 3.05) is 11.9 Å². The fourth-order valence-corrected chi connectivity index (χ4v) is 3.41. The molecule has 28 heavy (non-hydrogen) atoms. The molecule has 4 rings (SSSR count). The highest BCUT2D eigenvalue weighted by Crippen LogP contribution is 2.33. The van der Waals surface area contributed by atoms with Gasteiger partial charge in [0, 0.05) is 22.8 Å². The summed E-state index contributed by atoms with van der Waals surface area (Å²) in [5, 5.41) is 6.64. The van der Waals surface area contributed by atoms with E-state index in [0.29, 0.717) is 18.7 Å². The van der Waals surface area contributed by atoms with Gasteiger partial charge in [-0.15, -0.1) is 0 Å². The lowest BCUT2D eigenvalue weighted by Gasteiger charge is -2.22. The van der Waals surface area contributed by atoms with Crippen LogP contribution in [0.4, 0.5) is 19.3 Å². The van der Waals surface area contributed by atoms with Crippen LogP contribution in [0.5, 0.6) is 0 Å². The van der Waals surface area contributed by atoms with E-state index in [1.807, 2.05) is 12.1 Å². The summed E-state index contributed by atoms with van der Waals surface area (Å²) < 4.78 is 33.3. The van der Waals surface area contributed by atoms with E-state index in [9.17, 15) is 13.6 Å². The first-order valence-corrected chi connectivity index (χ1v) is 9.43. The van der Waals surface area contributed by atoms with Crippen molar-refractivity contribution in [2.45, 2.75) is 18.9 Å². The SMILES string of the molecule is O=C(Nc1ccc(Br)cc1)N1CCC[C@H]1c1nc(-c2ccc(F)cc2F)no1. The van der Waals surface area contributed by atoms with Gasteiger partial charge >= 0.3 is 6.03 Å². The van der Waals surface area contributed by atoms with E-state index >= 15 is 0 Å². The largest absolute Gasteiger partial charge is 0.337 e. The summed E-state index contributed by atoms with van der Waals surface area (Å²) >= 11 is 3.35. The summed E-state index contributed by atoms with van der Waals surface area (Å²) in [7, 11) is 0. The third-order valence-electron chi connectivity index (χ3n) is 4.51. The number of anilines is 1. The average Bonchev–Trinajstić information content (AvgIpc) is 3.32. The molecule has 9 heteroatoms. The summed E-state index contributed by atoms with van der Waals surface area (Å²) in [5.74, 6) is -1.21. The van der Waals surface area contributed by atoms with Gasteiger partial charge in [0.25, 0.3) is 0 Å². The fraction of sp³-hybridized carbons (Fsp3) is 0.211. The molecule has 1 saturated heterocycles. The molecule has 1 fully saturated rings. The van der Waals surface area contributed by atoms with Crippen LogP contribution in [0, 0.1) is 11.6 Å². The second-order valence-electron chi connectivity index (χ2n) is 6.37. The number of carbonyl (C=O) groups excluding carboxylic acids is 1. The molecule has 0 bridgehead atoms. The quantitative estimate of drug-likeness (QED) is 0.601. The molecule has 2 aromatic carbocycles. The number of aromatic nitrogens is 2. The van der Waals surface area contributed by atoms with Crippen LogP contribution in [0.1, 0.15) is 24.8 Å². The standard InChI is InChI=1S/C19H15BrF2N4O2/c20-11-3-6-13(7-4-11)23-19(27)26-9-1-2-16(26)18-24-17(25-28-18)14-8-5-12(21)10-15(14)22/h3-8,10,16H,1-2,9H2,(H,23,27)/t16-/m0/s1. The van der Waals surface area contributed by atoms with Crippen molar-refractivity contribution in [1.82, 2.24) is 15.0 Å². The van der Waals surface area contributed by atoms with E-state index in [-0.39, 0.29) is 23.3 Å². The van der Waals surface area contributed by atoms with Crippen molar-refractivity contribution in [3.63, 3.8) is 0 Å². The van der Waals surface area contributed by atoms with Crippen molar-refractivity contribution in [1.29, 1.82) is 0 Å². The summed E-state index contributed by atoms with van der Waals surface area (Å²) in [6, 6.07) is 9.70. The first-order valence-electron chi connectivity index (χ1n) is 8.63. The van der Waals surface area contributed by atoms with E-state index in [1.54, 1.807) is 17.0 Å². The molecule has 0 saturated carbocycles. The molecule has 1 aliphatic heterocycles. The number of benzene rings is 2. The van der Waals surface area contributed by atoms with Gasteiger partial charge in [-0.3, -0.25) is 0 Å². The monoisotopic (exact) mass is 448 g/mol. The third-order valence-corrected chi connectivity index (χ3v) is 5.04. The molecule has 1 atom stereocenters. The highest BCUT2D eigenvalue weighted by atomic mass is 79.9. The van der Waals surface area contributed by atoms with Crippen molar-refractivity contribution in [3.05, 3.63) is 64.5 Å². The summed E-state index contributed by atoms with van der Waals surface area (Å²) in [6.07, 6.45) is 1.43. The van der Waals surface area contributed by atoms with Gasteiger partial charge in [-0.25, -0.2) is 13.6 Å². The van der Waals surface area contributed by atoms with Gasteiger partial charge in [-0.2, -0.15) is 4.98 Å². The molecule has 6 nitrogen and oxygen atoms in total. The van der Waals surface area contributed by atoms with Gasteiger partial charge < -0.3 is 14.7 Å². The van der Waals surface area contributed by atoms with Crippen molar-refractivity contribution < 1.29 is 18.1 Å². The summed E-state index contributed by atoms with van der Waals surface area (Å²) in [5.41, 5.74) is 0.707. The second-order valence-corrected chi connectivity index (χ2v) is 7.28. The molecule has 144 valence electrons. The zero-order valence-corrected chi connectivity index (χ0v) is 16.1. The zero-order valence-electron chi connectivity index (χ0n) is 14.5. The molecule has 0 unspecified atom stereocenters. The minimum Gasteiger partial charge on any atom is -0.337 e. The maximum atomic E-state index is 14.0. The number of likely N-dealkylation sites (tertiary alicyclic amines) is 1. The smallest absolute Gasteiger partial charge is 0.322 e. The zero-order chi connectivity index (χ0) is 19.7. The Kier molecular flexibility index (Phi) is 5.08. The number of nitrogens with one attached hydrogen (secondary N) is 1. The molecular formula is C19H15BrF2N4O2. The molecule has 3 aromatic rings. The number of carbonyl (C=O) groups is 1. The lowest BCUT2D eigenvalue weighted by atomic mass is 10.2. The maximum absolute atomic E-state index is 14.0. The number of rotatable bonds is 3. The third kappa shape index (κ3) is 3.75. The van der Waals surface area contributed by atoms with Gasteiger partial charge in [0.1, 0.15) is 17.7 Å². The van der Waals surface area contributed by atoms with Gasteiger partial charge in [0.2, 0.25) is 11.7 Å². The number of urea groups is 1. The van der Waals surface area contributed by atoms with Crippen LogP contribution >= 0.6 is 15.9 Å². The normalized spacial score (nSPS) is 16.4. The first kappa shape index (κ1) is 18.5. The van der Waals surface area contributed by atoms with Crippen LogP contribution < -0.4 is 5.32 Å². The number of halogens is 3. The predicted molar refractivity (Wildman–Crippen MR) is 101 cm³/mol. The number of nitrogens with zero attached hydrogens (tertiary/aromatic N) is 3. The first-order chi connectivity index (χ1) is 13.5. The fourth-order valence-electron chi connectivity index (χ4n) is 3.15. The molecule has 1 aromatic heterocycles. The topological polar surface area (TPSA) is 71.3 Å². The van der Waals surface area contributed by atoms with Crippen LogP contribution in [-0.2, 0) is 0 Å². The Hall–Kier alpha value is -2.81. The van der Waals surface area contributed by atoms with Gasteiger partial charge in [0.05, 0.1) is 5.56 Å². The van der Waals surface area contributed by atoms with E-state index < -0.39 is 17.7 Å². The van der Waals surface area contributed by atoms with Gasteiger partial charge in [0.15, 0.2) is 0 Å². The number of hydrogen-bond acceptors (Lipinski definition) is 4. The molecule has 1 aliphatic rings. The average molecular weight is 449 g/mol. The Morgan fingerprint density at radius 1 is 1.21 bits per heavy atom. The van der Waals surface area contributed by atoms with E-state index in [0.717, 1.165) is 23.0 Å². The van der Waals surface area contributed by atoms with Crippen LogP contribution in [0.15, 0.2) is 51.5 Å². The lowest BCUT2D eigenvalue weighted by molar-refractivity contribution is 0.193. The highest BCUT2D eigenvalue weighted by Gasteiger charge is 2.34. The molecule has 1 N–H and O–H groups in total. The molecule has 0 radical (unpaired) electrons. The minimum atomic E-state index is -0.774. The number of amides is 2. The molecule has 0 spiro atoms. The van der Waals surface area contributed by atoms with Crippen LogP contribution in [-0.4, -0.2) is 27.6 Å². The van der Waals surface area contributed by atoms with Crippen molar-refractivity contribution in [2.24, 2.45) is 0 Å². The van der Waals surface area contributed by atoms with Gasteiger partial charge in [-0.05, 0) is 49.2 Å². The highest BCUT2D eigenvalue weighted by molar-refractivity contribution is 9.10. The second kappa shape index (κ2) is 7.67. The molecule has 2 heterocycles. The van der Waals surface area contributed by atoms with Crippen LogP contribution in [0.2, 0.25) is 0 Å². The van der Waals surface area contributed by atoms with Crippen molar-refractivity contribution in [3.8, 4) is 11.4 Å². The molecule has 2 amide bonds. The van der Waals surface area contributed by atoms with E-state index in [4.69, 9.17) is 4.52 Å². The Labute approximate surface area is 167 Å². The Morgan fingerprint density at radius 2 is 2.00 bits per heavy atom. The predicted octanol–water partition coefficient (Wildman–Crippen LogP) is 5.15. The van der Waals surface area contributed by atoms with Crippen molar-refractivity contribution >= 4 is 27.6 Å². The Bertz CT molecular complexity index is 1010. The minimum absolute atomic E-state index is 0.0210. The van der Waals surface area contributed by atoms with Crippen LogP contribution in [0.3, 0.4) is 0 Å². The Morgan fingerprint density at radius 3 is 2.75 bits per heavy atom. The van der Waals surface area contributed by atoms with Crippen LogP contribution in [0.25, 0.3) is 11.4 Å². The Balaban J connectivity index is 1.53. The molecule has 0 aliphatic carbocycles. The van der Waals surface area contributed by atoms with Gasteiger partial charge in [-0.1, -0.05) is 21.1 Å². The maximum Gasteiger partial charge on any atom is 0.322 e. The van der Waals surface area contributed by atoms with E-state index in [2.05, 4.69) is 31.4 Å². The molecular weight excluding hydrogens is 434 g/mol. The van der Waals surface area contributed by atoms with E-state index in [1.165, 1.54) is 6.07 Å². The summed E-state index contributed by atoms with van der Waals surface area (Å²) in [6.45, 7) is 0.537. The number of hydrogen-bond donors (Lipinski definition) is 1. The summed E-state index contributed by atoms with van der Waals surface area (Å²) in [4.78, 5) is 18.5. The lowest BCUT2D eigenvalue weighted by Crippen LogP contribution is -2.34.